The Bertz CT molecular complexity index is 358. The molecule has 0 spiro atoms. The number of hydrogen-bond donors (Lipinski definition) is 1. The van der Waals surface area contributed by atoms with Crippen molar-refractivity contribution < 1.29 is 4.74 Å². The van der Waals surface area contributed by atoms with E-state index in [1.807, 2.05) is 0 Å². The molecule has 1 saturated heterocycles. The van der Waals surface area contributed by atoms with E-state index in [-0.39, 0.29) is 5.41 Å². The summed E-state index contributed by atoms with van der Waals surface area (Å²) in [5.41, 5.74) is 1.57. The zero-order chi connectivity index (χ0) is 13.0. The number of hydrogen-bond acceptors (Lipinski definition) is 2. The van der Waals surface area contributed by atoms with Crippen molar-refractivity contribution in [3.8, 4) is 5.75 Å². The van der Waals surface area contributed by atoms with Gasteiger partial charge in [-0.2, -0.15) is 0 Å². The van der Waals surface area contributed by atoms with Gasteiger partial charge in [0, 0.05) is 6.04 Å². The van der Waals surface area contributed by atoms with Gasteiger partial charge < -0.3 is 10.1 Å². The Labute approximate surface area is 111 Å². The van der Waals surface area contributed by atoms with Crippen LogP contribution in [-0.2, 0) is 5.41 Å². The maximum atomic E-state index is 5.80. The molecule has 1 fully saturated rings. The fourth-order valence-corrected chi connectivity index (χ4v) is 2.37. The third kappa shape index (κ3) is 3.74. The van der Waals surface area contributed by atoms with Crippen LogP contribution in [-0.4, -0.2) is 19.2 Å². The molecular weight excluding hydrogens is 222 g/mol. The van der Waals surface area contributed by atoms with Gasteiger partial charge in [0.05, 0.1) is 6.61 Å². The molecule has 0 bridgehead atoms. The van der Waals surface area contributed by atoms with Crippen LogP contribution < -0.4 is 10.1 Å². The Morgan fingerprint density at radius 2 is 1.94 bits per heavy atom. The van der Waals surface area contributed by atoms with E-state index >= 15 is 0 Å². The third-order valence-corrected chi connectivity index (χ3v) is 3.62. The Kier molecular flexibility index (Phi) is 4.28. The van der Waals surface area contributed by atoms with Gasteiger partial charge in [-0.05, 0) is 48.9 Å². The first-order chi connectivity index (χ1) is 8.55. The van der Waals surface area contributed by atoms with Crippen molar-refractivity contribution in [2.45, 2.75) is 51.5 Å². The zero-order valence-electron chi connectivity index (χ0n) is 11.8. The number of nitrogens with one attached hydrogen (secondary N) is 1. The van der Waals surface area contributed by atoms with E-state index in [2.05, 4.69) is 50.4 Å². The van der Waals surface area contributed by atoms with Crippen LogP contribution in [0.4, 0.5) is 0 Å². The SMILES string of the molecule is CC(C)(C)c1ccc(OCCC2CCCN2)cc1. The van der Waals surface area contributed by atoms with Gasteiger partial charge in [-0.3, -0.25) is 0 Å². The fourth-order valence-electron chi connectivity index (χ4n) is 2.37. The molecule has 1 aliphatic heterocycles. The topological polar surface area (TPSA) is 21.3 Å². The van der Waals surface area contributed by atoms with Crippen LogP contribution in [0, 0.1) is 0 Å². The van der Waals surface area contributed by atoms with Crippen molar-refractivity contribution >= 4 is 0 Å². The molecular formula is C16H25NO. The van der Waals surface area contributed by atoms with Gasteiger partial charge in [0.2, 0.25) is 0 Å². The van der Waals surface area contributed by atoms with E-state index in [0.29, 0.717) is 6.04 Å². The molecule has 2 heteroatoms. The molecule has 1 aliphatic rings. The maximum absolute atomic E-state index is 5.80. The van der Waals surface area contributed by atoms with E-state index in [1.54, 1.807) is 0 Å². The van der Waals surface area contributed by atoms with Gasteiger partial charge in [-0.25, -0.2) is 0 Å². The smallest absolute Gasteiger partial charge is 0.119 e. The highest BCUT2D eigenvalue weighted by molar-refractivity contribution is 5.31. The minimum atomic E-state index is 0.215. The van der Waals surface area contributed by atoms with Crippen LogP contribution in [0.15, 0.2) is 24.3 Å². The second-order valence-electron chi connectivity index (χ2n) is 6.20. The van der Waals surface area contributed by atoms with E-state index in [0.717, 1.165) is 18.8 Å². The molecule has 2 rings (SSSR count). The van der Waals surface area contributed by atoms with Gasteiger partial charge in [0.25, 0.3) is 0 Å². The molecule has 0 aromatic heterocycles. The molecule has 0 amide bonds. The maximum Gasteiger partial charge on any atom is 0.119 e. The van der Waals surface area contributed by atoms with Crippen molar-refractivity contribution in [3.63, 3.8) is 0 Å². The normalized spacial score (nSPS) is 20.1. The van der Waals surface area contributed by atoms with E-state index < -0.39 is 0 Å². The average Bonchev–Trinajstić information content (AvgIpc) is 2.82. The van der Waals surface area contributed by atoms with E-state index in [1.165, 1.54) is 24.9 Å². The Morgan fingerprint density at radius 1 is 1.22 bits per heavy atom. The summed E-state index contributed by atoms with van der Waals surface area (Å²) in [6.07, 6.45) is 3.72. The van der Waals surface area contributed by atoms with Gasteiger partial charge in [0.15, 0.2) is 0 Å². The second kappa shape index (κ2) is 5.75. The largest absolute Gasteiger partial charge is 0.494 e. The first kappa shape index (κ1) is 13.4. The molecule has 0 saturated carbocycles. The summed E-state index contributed by atoms with van der Waals surface area (Å²) in [6.45, 7) is 8.68. The molecule has 0 radical (unpaired) electrons. The first-order valence-electron chi connectivity index (χ1n) is 7.02. The second-order valence-corrected chi connectivity index (χ2v) is 6.20. The van der Waals surface area contributed by atoms with Crippen LogP contribution in [0.5, 0.6) is 5.75 Å². The van der Waals surface area contributed by atoms with Crippen LogP contribution in [0.3, 0.4) is 0 Å². The average molecular weight is 247 g/mol. The Balaban J connectivity index is 1.79. The monoisotopic (exact) mass is 247 g/mol. The van der Waals surface area contributed by atoms with Crippen molar-refractivity contribution in [1.29, 1.82) is 0 Å². The summed E-state index contributed by atoms with van der Waals surface area (Å²) in [5, 5.41) is 3.49. The van der Waals surface area contributed by atoms with Gasteiger partial charge in [-0.15, -0.1) is 0 Å². The van der Waals surface area contributed by atoms with Crippen LogP contribution in [0.25, 0.3) is 0 Å². The standard InChI is InChI=1S/C16H25NO/c1-16(2,3)13-6-8-15(9-7-13)18-12-10-14-5-4-11-17-14/h6-9,14,17H,4-5,10-12H2,1-3H3. The number of ether oxygens (including phenoxy) is 1. The van der Waals surface area contributed by atoms with Gasteiger partial charge >= 0.3 is 0 Å². The summed E-state index contributed by atoms with van der Waals surface area (Å²) in [5.74, 6) is 0.987. The van der Waals surface area contributed by atoms with E-state index in [4.69, 9.17) is 4.74 Å². The van der Waals surface area contributed by atoms with Crippen molar-refractivity contribution in [2.75, 3.05) is 13.2 Å². The highest BCUT2D eigenvalue weighted by atomic mass is 16.5. The summed E-state index contributed by atoms with van der Waals surface area (Å²) >= 11 is 0. The Morgan fingerprint density at radius 3 is 2.50 bits per heavy atom. The molecule has 1 heterocycles. The highest BCUT2D eigenvalue weighted by Gasteiger charge is 2.14. The lowest BCUT2D eigenvalue weighted by molar-refractivity contribution is 0.292. The quantitative estimate of drug-likeness (QED) is 0.879. The van der Waals surface area contributed by atoms with Crippen LogP contribution in [0.2, 0.25) is 0 Å². The van der Waals surface area contributed by atoms with Gasteiger partial charge in [-0.1, -0.05) is 32.9 Å². The lowest BCUT2D eigenvalue weighted by atomic mass is 9.87. The van der Waals surface area contributed by atoms with Crippen LogP contribution >= 0.6 is 0 Å². The molecule has 100 valence electrons. The predicted octanol–water partition coefficient (Wildman–Crippen LogP) is 3.51. The molecule has 0 aliphatic carbocycles. The zero-order valence-corrected chi connectivity index (χ0v) is 11.8. The summed E-state index contributed by atoms with van der Waals surface area (Å²) in [7, 11) is 0. The number of rotatable bonds is 4. The predicted molar refractivity (Wildman–Crippen MR) is 76.3 cm³/mol. The third-order valence-electron chi connectivity index (χ3n) is 3.62. The van der Waals surface area contributed by atoms with Crippen molar-refractivity contribution in [3.05, 3.63) is 29.8 Å². The minimum absolute atomic E-state index is 0.215. The van der Waals surface area contributed by atoms with E-state index in [9.17, 15) is 0 Å². The van der Waals surface area contributed by atoms with Gasteiger partial charge in [0.1, 0.15) is 5.75 Å². The highest BCUT2D eigenvalue weighted by Crippen LogP contribution is 2.24. The molecule has 1 aromatic rings. The number of benzene rings is 1. The van der Waals surface area contributed by atoms with Crippen LogP contribution in [0.1, 0.15) is 45.6 Å². The van der Waals surface area contributed by atoms with Crippen molar-refractivity contribution in [1.82, 2.24) is 5.32 Å². The molecule has 2 nitrogen and oxygen atoms in total. The van der Waals surface area contributed by atoms with Crippen molar-refractivity contribution in [2.24, 2.45) is 0 Å². The summed E-state index contributed by atoms with van der Waals surface area (Å²) < 4.78 is 5.80. The molecule has 1 unspecified atom stereocenters. The fraction of sp³-hybridized carbons (Fsp3) is 0.625. The summed E-state index contributed by atoms with van der Waals surface area (Å²) in [4.78, 5) is 0. The molecule has 1 N–H and O–H groups in total. The first-order valence-corrected chi connectivity index (χ1v) is 7.02. The Hall–Kier alpha value is -1.02. The molecule has 18 heavy (non-hydrogen) atoms. The minimum Gasteiger partial charge on any atom is -0.494 e. The summed E-state index contributed by atoms with van der Waals surface area (Å²) in [6, 6.07) is 9.18. The lowest BCUT2D eigenvalue weighted by Crippen LogP contribution is -2.23. The molecule has 1 atom stereocenters. The lowest BCUT2D eigenvalue weighted by Gasteiger charge is -2.19. The molecule has 1 aromatic carbocycles.